The molecule has 1 N–H and O–H groups in total. The van der Waals surface area contributed by atoms with E-state index in [0.29, 0.717) is 6.04 Å². The van der Waals surface area contributed by atoms with Crippen molar-refractivity contribution in [2.24, 2.45) is 0 Å². The lowest BCUT2D eigenvalue weighted by molar-refractivity contribution is 0.466. The first-order valence-electron chi connectivity index (χ1n) is 4.02. The van der Waals surface area contributed by atoms with Crippen LogP contribution in [0, 0.1) is 0 Å². The van der Waals surface area contributed by atoms with Gasteiger partial charge >= 0.3 is 0 Å². The van der Waals surface area contributed by atoms with Crippen LogP contribution in [-0.2, 0) is 6.54 Å². The lowest BCUT2D eigenvalue weighted by Gasteiger charge is -2.08. The van der Waals surface area contributed by atoms with Gasteiger partial charge in [0.1, 0.15) is 0 Å². The Morgan fingerprint density at radius 1 is 1.46 bits per heavy atom. The number of nitrogens with one attached hydrogen (secondary N) is 1. The molecule has 2 heterocycles. The Morgan fingerprint density at radius 3 is 2.85 bits per heavy atom. The van der Waals surface area contributed by atoms with Gasteiger partial charge in [0.25, 0.3) is 0 Å². The van der Waals surface area contributed by atoms with Crippen LogP contribution in [0.15, 0.2) is 12.4 Å². The highest BCUT2D eigenvalue weighted by Gasteiger charge is 2.13. The van der Waals surface area contributed by atoms with E-state index < -0.39 is 0 Å². The standard InChI is InChI=1S/C7H12N4.2ClH/c1-2-7(8-3-1)6-11-5-4-9-10-11;;/h4-5,7-8H,1-3,6H2;2*1H. The SMILES string of the molecule is Cl.Cl.c1cn(CC2CCCN2)nn1. The van der Waals surface area contributed by atoms with Crippen LogP contribution < -0.4 is 5.32 Å². The largest absolute Gasteiger partial charge is 0.312 e. The molecule has 1 aromatic heterocycles. The van der Waals surface area contributed by atoms with Gasteiger partial charge in [-0.1, -0.05) is 5.21 Å². The molecule has 0 amide bonds. The summed E-state index contributed by atoms with van der Waals surface area (Å²) in [7, 11) is 0. The normalized spacial score (nSPS) is 20.5. The van der Waals surface area contributed by atoms with E-state index in [0.717, 1.165) is 13.1 Å². The van der Waals surface area contributed by atoms with Crippen LogP contribution >= 0.6 is 24.8 Å². The quantitative estimate of drug-likeness (QED) is 0.812. The van der Waals surface area contributed by atoms with Crippen LogP contribution in [0.25, 0.3) is 0 Å². The summed E-state index contributed by atoms with van der Waals surface area (Å²) in [6, 6.07) is 0.608. The van der Waals surface area contributed by atoms with Crippen molar-refractivity contribution < 1.29 is 0 Å². The number of halogens is 2. The molecule has 0 aliphatic carbocycles. The van der Waals surface area contributed by atoms with Crippen molar-refractivity contribution in [1.29, 1.82) is 0 Å². The molecule has 6 heteroatoms. The molecule has 0 spiro atoms. The van der Waals surface area contributed by atoms with Gasteiger partial charge in [0, 0.05) is 12.2 Å². The second kappa shape index (κ2) is 6.18. The summed E-state index contributed by atoms with van der Waals surface area (Å²) in [4.78, 5) is 0. The molecule has 2 rings (SSSR count). The first kappa shape index (κ1) is 12.7. The van der Waals surface area contributed by atoms with E-state index in [9.17, 15) is 0 Å². The first-order valence-corrected chi connectivity index (χ1v) is 4.02. The highest BCUT2D eigenvalue weighted by Crippen LogP contribution is 2.05. The first-order chi connectivity index (χ1) is 5.45. The molecule has 0 aromatic carbocycles. The number of hydrogen-bond acceptors (Lipinski definition) is 3. The van der Waals surface area contributed by atoms with E-state index >= 15 is 0 Å². The molecule has 1 unspecified atom stereocenters. The molecule has 1 aliphatic heterocycles. The molecule has 0 bridgehead atoms. The Balaban J connectivity index is 0.000000720. The summed E-state index contributed by atoms with van der Waals surface area (Å²) < 4.78 is 1.88. The summed E-state index contributed by atoms with van der Waals surface area (Å²) >= 11 is 0. The summed E-state index contributed by atoms with van der Waals surface area (Å²) in [5.41, 5.74) is 0. The average molecular weight is 225 g/mol. The van der Waals surface area contributed by atoms with Gasteiger partial charge in [-0.3, -0.25) is 4.68 Å². The zero-order chi connectivity index (χ0) is 7.52. The highest BCUT2D eigenvalue weighted by atomic mass is 35.5. The summed E-state index contributed by atoms with van der Waals surface area (Å²) in [5.74, 6) is 0. The van der Waals surface area contributed by atoms with Gasteiger partial charge in [-0.2, -0.15) is 0 Å². The lowest BCUT2D eigenvalue weighted by atomic mass is 10.2. The van der Waals surface area contributed by atoms with Crippen molar-refractivity contribution in [3.8, 4) is 0 Å². The summed E-state index contributed by atoms with van der Waals surface area (Å²) in [5, 5.41) is 11.1. The van der Waals surface area contributed by atoms with Gasteiger partial charge in [-0.05, 0) is 19.4 Å². The number of aromatic nitrogens is 3. The molecule has 1 aliphatic rings. The van der Waals surface area contributed by atoms with E-state index in [-0.39, 0.29) is 24.8 Å². The lowest BCUT2D eigenvalue weighted by Crippen LogP contribution is -2.26. The third-order valence-electron chi connectivity index (χ3n) is 2.04. The van der Waals surface area contributed by atoms with Gasteiger partial charge in [0.05, 0.1) is 12.7 Å². The molecule has 1 saturated heterocycles. The Morgan fingerprint density at radius 2 is 2.31 bits per heavy atom. The van der Waals surface area contributed by atoms with Crippen molar-refractivity contribution in [3.05, 3.63) is 12.4 Å². The third-order valence-corrected chi connectivity index (χ3v) is 2.04. The van der Waals surface area contributed by atoms with Gasteiger partial charge < -0.3 is 5.32 Å². The molecule has 0 radical (unpaired) electrons. The fraction of sp³-hybridized carbons (Fsp3) is 0.714. The molecule has 13 heavy (non-hydrogen) atoms. The van der Waals surface area contributed by atoms with Crippen molar-refractivity contribution in [2.45, 2.75) is 25.4 Å². The van der Waals surface area contributed by atoms with Gasteiger partial charge in [-0.25, -0.2) is 0 Å². The van der Waals surface area contributed by atoms with Crippen molar-refractivity contribution >= 4 is 24.8 Å². The summed E-state index contributed by atoms with van der Waals surface area (Å²) in [6.45, 7) is 2.11. The van der Waals surface area contributed by atoms with E-state index in [4.69, 9.17) is 0 Å². The Bertz CT molecular complexity index is 208. The maximum absolute atomic E-state index is 3.91. The minimum Gasteiger partial charge on any atom is -0.312 e. The van der Waals surface area contributed by atoms with Gasteiger partial charge in [0.2, 0.25) is 0 Å². The predicted octanol–water partition coefficient (Wildman–Crippen LogP) is 0.874. The highest BCUT2D eigenvalue weighted by molar-refractivity contribution is 5.85. The van der Waals surface area contributed by atoms with Crippen LogP contribution in [0.5, 0.6) is 0 Å². The zero-order valence-electron chi connectivity index (χ0n) is 7.22. The smallest absolute Gasteiger partial charge is 0.0692 e. The number of nitrogens with zero attached hydrogens (tertiary/aromatic N) is 3. The monoisotopic (exact) mass is 224 g/mol. The van der Waals surface area contributed by atoms with E-state index in [1.807, 2.05) is 10.9 Å². The fourth-order valence-electron chi connectivity index (χ4n) is 1.47. The maximum Gasteiger partial charge on any atom is 0.0692 e. The summed E-state index contributed by atoms with van der Waals surface area (Å²) in [6.07, 6.45) is 6.17. The second-order valence-electron chi connectivity index (χ2n) is 2.92. The fourth-order valence-corrected chi connectivity index (χ4v) is 1.47. The molecule has 0 saturated carbocycles. The molecule has 1 atom stereocenters. The van der Waals surface area contributed by atoms with Crippen LogP contribution in [0.2, 0.25) is 0 Å². The van der Waals surface area contributed by atoms with E-state index in [1.165, 1.54) is 12.8 Å². The Hall–Kier alpha value is -0.320. The average Bonchev–Trinajstić information content (AvgIpc) is 2.60. The minimum atomic E-state index is 0. The van der Waals surface area contributed by atoms with Crippen molar-refractivity contribution in [1.82, 2.24) is 20.3 Å². The molecular formula is C7H14Cl2N4. The molecule has 1 fully saturated rings. The number of hydrogen-bond donors (Lipinski definition) is 1. The predicted molar refractivity (Wildman–Crippen MR) is 55.5 cm³/mol. The topological polar surface area (TPSA) is 42.7 Å². The maximum atomic E-state index is 3.91. The van der Waals surface area contributed by atoms with Crippen molar-refractivity contribution in [3.63, 3.8) is 0 Å². The van der Waals surface area contributed by atoms with Crippen molar-refractivity contribution in [2.75, 3.05) is 6.54 Å². The van der Waals surface area contributed by atoms with Crippen LogP contribution in [0.1, 0.15) is 12.8 Å². The van der Waals surface area contributed by atoms with Gasteiger partial charge in [-0.15, -0.1) is 29.9 Å². The van der Waals surface area contributed by atoms with Crippen LogP contribution in [-0.4, -0.2) is 27.6 Å². The zero-order valence-corrected chi connectivity index (χ0v) is 8.85. The molecule has 4 nitrogen and oxygen atoms in total. The van der Waals surface area contributed by atoms with Crippen LogP contribution in [0.3, 0.4) is 0 Å². The molecule has 1 aromatic rings. The molecular weight excluding hydrogens is 211 g/mol. The molecule has 76 valence electrons. The minimum absolute atomic E-state index is 0. The van der Waals surface area contributed by atoms with Crippen LogP contribution in [0.4, 0.5) is 0 Å². The Kier molecular flexibility index (Phi) is 6.03. The van der Waals surface area contributed by atoms with E-state index in [1.54, 1.807) is 6.20 Å². The number of rotatable bonds is 2. The van der Waals surface area contributed by atoms with E-state index in [2.05, 4.69) is 15.6 Å². The Labute approximate surface area is 89.9 Å². The third kappa shape index (κ3) is 3.50. The second-order valence-corrected chi connectivity index (χ2v) is 2.92. The van der Waals surface area contributed by atoms with Gasteiger partial charge in [0.15, 0.2) is 0 Å².